The monoisotopic (exact) mass is 281 g/mol. The van der Waals surface area contributed by atoms with Gasteiger partial charge < -0.3 is 10.1 Å². The highest BCUT2D eigenvalue weighted by Crippen LogP contribution is 2.37. The molecule has 2 rings (SSSR count). The predicted molar refractivity (Wildman–Crippen MR) is 82.9 cm³/mol. The van der Waals surface area contributed by atoms with Gasteiger partial charge in [-0.05, 0) is 50.1 Å². The van der Waals surface area contributed by atoms with Gasteiger partial charge in [0, 0.05) is 18.0 Å². The van der Waals surface area contributed by atoms with Crippen LogP contribution >= 0.6 is 11.3 Å². The van der Waals surface area contributed by atoms with Crippen molar-refractivity contribution in [1.29, 1.82) is 0 Å². The van der Waals surface area contributed by atoms with Gasteiger partial charge in [0.2, 0.25) is 0 Å². The van der Waals surface area contributed by atoms with Crippen molar-refractivity contribution in [3.8, 4) is 0 Å². The van der Waals surface area contributed by atoms with Crippen molar-refractivity contribution in [2.75, 3.05) is 13.7 Å². The average molecular weight is 281 g/mol. The second kappa shape index (κ2) is 7.41. The van der Waals surface area contributed by atoms with Crippen LogP contribution < -0.4 is 5.32 Å². The highest BCUT2D eigenvalue weighted by Gasteiger charge is 2.40. The zero-order valence-electron chi connectivity index (χ0n) is 12.3. The van der Waals surface area contributed by atoms with Gasteiger partial charge in [-0.25, -0.2) is 0 Å². The summed E-state index contributed by atoms with van der Waals surface area (Å²) in [4.78, 5) is 1.49. The number of hydrogen-bond donors (Lipinski definition) is 1. The summed E-state index contributed by atoms with van der Waals surface area (Å²) >= 11 is 1.87. The molecule has 108 valence electrons. The lowest BCUT2D eigenvalue weighted by atomic mass is 9.88. The maximum atomic E-state index is 5.97. The fourth-order valence-corrected chi connectivity index (χ4v) is 4.00. The van der Waals surface area contributed by atoms with E-state index in [2.05, 4.69) is 29.8 Å². The molecule has 0 aromatic carbocycles. The third-order valence-corrected chi connectivity index (χ3v) is 5.33. The normalized spacial score (nSPS) is 19.7. The fourth-order valence-electron chi connectivity index (χ4n) is 3.28. The third kappa shape index (κ3) is 3.80. The quantitative estimate of drug-likeness (QED) is 0.777. The van der Waals surface area contributed by atoms with Crippen molar-refractivity contribution in [3.63, 3.8) is 0 Å². The Balaban J connectivity index is 1.97. The fraction of sp³-hybridized carbons (Fsp3) is 0.750. The summed E-state index contributed by atoms with van der Waals surface area (Å²) in [5.41, 5.74) is 0.0897. The van der Waals surface area contributed by atoms with E-state index in [-0.39, 0.29) is 5.60 Å². The Morgan fingerprint density at radius 1 is 1.42 bits per heavy atom. The number of ether oxygens (including phenoxy) is 1. The first-order chi connectivity index (χ1) is 9.30. The molecular weight excluding hydrogens is 254 g/mol. The second-order valence-corrected chi connectivity index (χ2v) is 6.63. The summed E-state index contributed by atoms with van der Waals surface area (Å²) in [6.45, 7) is 3.33. The summed E-state index contributed by atoms with van der Waals surface area (Å²) in [6, 6.07) is 4.90. The van der Waals surface area contributed by atoms with E-state index >= 15 is 0 Å². The van der Waals surface area contributed by atoms with E-state index in [0.717, 1.165) is 6.54 Å². The minimum absolute atomic E-state index is 0.0897. The minimum Gasteiger partial charge on any atom is -0.377 e. The van der Waals surface area contributed by atoms with Crippen molar-refractivity contribution in [3.05, 3.63) is 22.4 Å². The number of thiophene rings is 1. The van der Waals surface area contributed by atoms with Gasteiger partial charge in [-0.2, -0.15) is 0 Å². The molecule has 2 nitrogen and oxygen atoms in total. The molecule has 1 aliphatic carbocycles. The van der Waals surface area contributed by atoms with Gasteiger partial charge in [0.15, 0.2) is 0 Å². The molecule has 0 bridgehead atoms. The molecule has 1 aromatic heterocycles. The van der Waals surface area contributed by atoms with Crippen LogP contribution in [-0.2, 0) is 11.2 Å². The smallest absolute Gasteiger partial charge is 0.0831 e. The highest BCUT2D eigenvalue weighted by atomic mass is 32.1. The summed E-state index contributed by atoms with van der Waals surface area (Å²) in [5.74, 6) is 0. The molecule has 1 fully saturated rings. The molecular formula is C16H27NOS. The zero-order valence-corrected chi connectivity index (χ0v) is 13.1. The second-order valence-electron chi connectivity index (χ2n) is 5.60. The van der Waals surface area contributed by atoms with E-state index in [4.69, 9.17) is 4.74 Å². The SMILES string of the molecule is CCCNC(CCc1cccs1)C1(OC)CCCC1. The van der Waals surface area contributed by atoms with Crippen LogP contribution in [0.2, 0.25) is 0 Å². The molecule has 0 amide bonds. The largest absolute Gasteiger partial charge is 0.377 e. The molecule has 19 heavy (non-hydrogen) atoms. The van der Waals surface area contributed by atoms with Gasteiger partial charge in [-0.15, -0.1) is 11.3 Å². The first-order valence-corrected chi connectivity index (χ1v) is 8.49. The highest BCUT2D eigenvalue weighted by molar-refractivity contribution is 7.09. The van der Waals surface area contributed by atoms with Crippen LogP contribution in [0.1, 0.15) is 50.3 Å². The van der Waals surface area contributed by atoms with Crippen LogP contribution in [0.3, 0.4) is 0 Å². The van der Waals surface area contributed by atoms with Gasteiger partial charge in [-0.1, -0.05) is 25.8 Å². The average Bonchev–Trinajstić information content (AvgIpc) is 3.10. The number of methoxy groups -OCH3 is 1. The van der Waals surface area contributed by atoms with Crippen molar-refractivity contribution in [1.82, 2.24) is 5.32 Å². The van der Waals surface area contributed by atoms with Gasteiger partial charge in [0.25, 0.3) is 0 Å². The van der Waals surface area contributed by atoms with E-state index < -0.39 is 0 Å². The van der Waals surface area contributed by atoms with E-state index in [1.54, 1.807) is 0 Å². The Labute approximate surface area is 121 Å². The van der Waals surface area contributed by atoms with Gasteiger partial charge in [0.1, 0.15) is 0 Å². The van der Waals surface area contributed by atoms with Crippen LogP contribution in [0.15, 0.2) is 17.5 Å². The molecule has 1 saturated carbocycles. The topological polar surface area (TPSA) is 21.3 Å². The molecule has 3 heteroatoms. The standard InChI is InChI=1S/C16H27NOS/c1-3-12-17-15(9-8-14-7-6-13-19-14)16(18-2)10-4-5-11-16/h6-7,13,15,17H,3-5,8-12H2,1-2H3. The van der Waals surface area contributed by atoms with E-state index in [1.807, 2.05) is 18.4 Å². The summed E-state index contributed by atoms with van der Waals surface area (Å²) < 4.78 is 5.97. The van der Waals surface area contributed by atoms with Crippen LogP contribution in [0.5, 0.6) is 0 Å². The lowest BCUT2D eigenvalue weighted by Gasteiger charge is -2.37. The van der Waals surface area contributed by atoms with E-state index in [1.165, 1.54) is 49.8 Å². The third-order valence-electron chi connectivity index (χ3n) is 4.39. The Morgan fingerprint density at radius 3 is 2.79 bits per heavy atom. The molecule has 0 spiro atoms. The molecule has 1 aromatic rings. The first kappa shape index (κ1) is 15.0. The van der Waals surface area contributed by atoms with E-state index in [9.17, 15) is 0 Å². The Bertz CT molecular complexity index is 344. The Morgan fingerprint density at radius 2 is 2.21 bits per heavy atom. The maximum absolute atomic E-state index is 5.97. The number of rotatable bonds is 8. The molecule has 0 aliphatic heterocycles. The van der Waals surface area contributed by atoms with Crippen LogP contribution in [-0.4, -0.2) is 25.3 Å². The van der Waals surface area contributed by atoms with Gasteiger partial charge in [-0.3, -0.25) is 0 Å². The van der Waals surface area contributed by atoms with Crippen molar-refractivity contribution < 1.29 is 4.74 Å². The minimum atomic E-state index is 0.0897. The lowest BCUT2D eigenvalue weighted by molar-refractivity contribution is -0.0375. The lowest BCUT2D eigenvalue weighted by Crippen LogP contribution is -2.50. The number of nitrogens with one attached hydrogen (secondary N) is 1. The molecule has 1 heterocycles. The molecule has 0 radical (unpaired) electrons. The molecule has 1 N–H and O–H groups in total. The number of hydrogen-bond acceptors (Lipinski definition) is 3. The van der Waals surface area contributed by atoms with Crippen LogP contribution in [0, 0.1) is 0 Å². The summed E-state index contributed by atoms with van der Waals surface area (Å²) in [7, 11) is 1.90. The van der Waals surface area contributed by atoms with Crippen LogP contribution in [0.4, 0.5) is 0 Å². The Hall–Kier alpha value is -0.380. The predicted octanol–water partition coefficient (Wildman–Crippen LogP) is 4.01. The Kier molecular flexibility index (Phi) is 5.86. The summed E-state index contributed by atoms with van der Waals surface area (Å²) in [6.07, 6.45) is 8.62. The zero-order chi connectivity index (χ0) is 13.6. The van der Waals surface area contributed by atoms with Crippen molar-refractivity contribution in [2.45, 2.75) is 63.5 Å². The van der Waals surface area contributed by atoms with Crippen molar-refractivity contribution >= 4 is 11.3 Å². The molecule has 0 saturated heterocycles. The summed E-state index contributed by atoms with van der Waals surface area (Å²) in [5, 5.41) is 5.92. The number of aryl methyl sites for hydroxylation is 1. The molecule has 1 atom stereocenters. The van der Waals surface area contributed by atoms with Crippen LogP contribution in [0.25, 0.3) is 0 Å². The molecule has 1 aliphatic rings. The van der Waals surface area contributed by atoms with E-state index in [0.29, 0.717) is 6.04 Å². The first-order valence-electron chi connectivity index (χ1n) is 7.61. The van der Waals surface area contributed by atoms with Gasteiger partial charge >= 0.3 is 0 Å². The molecule has 1 unspecified atom stereocenters. The van der Waals surface area contributed by atoms with Gasteiger partial charge in [0.05, 0.1) is 5.60 Å². The van der Waals surface area contributed by atoms with Crippen molar-refractivity contribution in [2.24, 2.45) is 0 Å². The maximum Gasteiger partial charge on any atom is 0.0831 e.